The highest BCUT2D eigenvalue weighted by atomic mass is 16.5. The maximum atomic E-state index is 6.22. The fourth-order valence-electron chi connectivity index (χ4n) is 5.43. The molecule has 0 spiro atoms. The van der Waals surface area contributed by atoms with Crippen molar-refractivity contribution < 1.29 is 18.9 Å². The normalized spacial score (nSPS) is 11.5. The molecular formula is C38H44N6O4. The third-order valence-electron chi connectivity index (χ3n) is 7.83. The first-order valence-electron chi connectivity index (χ1n) is 16.4. The van der Waals surface area contributed by atoms with E-state index in [1.165, 1.54) is 0 Å². The number of hydrogen-bond acceptors (Lipinski definition) is 8. The van der Waals surface area contributed by atoms with Crippen molar-refractivity contribution in [2.24, 2.45) is 0 Å². The molecule has 10 heteroatoms. The van der Waals surface area contributed by atoms with Gasteiger partial charge in [0.1, 0.15) is 47.9 Å². The summed E-state index contributed by atoms with van der Waals surface area (Å²) in [6.45, 7) is 4.01. The lowest BCUT2D eigenvalue weighted by Crippen LogP contribution is -2.15. The molecule has 2 aromatic heterocycles. The standard InChI is InChI=1S/C38H44N6O4/c1-43(2)19-9-21-45-27-15-17-31-33(25-27)41-37(39-31)29-11-5-7-13-35(29)47-23-24-48-36-14-8-6-12-30(36)38-40-32-18-16-28(26-34(32)42-38)46-22-10-20-44(3)4/h5-8,11-18,25-26H,9-10,19-24H2,1-4H3,(H,39,41)(H,40,42). The number of rotatable bonds is 17. The summed E-state index contributed by atoms with van der Waals surface area (Å²) in [6.07, 6.45) is 1.93. The Kier molecular flexibility index (Phi) is 10.7. The lowest BCUT2D eigenvalue weighted by molar-refractivity contribution is 0.218. The summed E-state index contributed by atoms with van der Waals surface area (Å²) in [5.41, 5.74) is 5.33. The predicted octanol–water partition coefficient (Wildman–Crippen LogP) is 6.89. The van der Waals surface area contributed by atoms with Crippen molar-refractivity contribution in [3.63, 3.8) is 0 Å². The number of hydrogen-bond donors (Lipinski definition) is 2. The third kappa shape index (κ3) is 8.44. The van der Waals surface area contributed by atoms with Crippen LogP contribution in [-0.4, -0.2) is 97.4 Å². The van der Waals surface area contributed by atoms with Crippen molar-refractivity contribution in [2.75, 3.05) is 67.7 Å². The Balaban J connectivity index is 1.07. The second-order valence-electron chi connectivity index (χ2n) is 12.2. The van der Waals surface area contributed by atoms with Crippen LogP contribution in [0.1, 0.15) is 12.8 Å². The van der Waals surface area contributed by atoms with Crippen molar-refractivity contribution >= 4 is 22.1 Å². The van der Waals surface area contributed by atoms with E-state index in [4.69, 9.17) is 28.9 Å². The van der Waals surface area contributed by atoms with Gasteiger partial charge in [0.05, 0.1) is 46.4 Å². The highest BCUT2D eigenvalue weighted by Crippen LogP contribution is 2.32. The highest BCUT2D eigenvalue weighted by molar-refractivity contribution is 5.83. The summed E-state index contributed by atoms with van der Waals surface area (Å²) in [5, 5.41) is 0. The minimum absolute atomic E-state index is 0.352. The Morgan fingerprint density at radius 2 is 0.958 bits per heavy atom. The Hall–Kier alpha value is -5.06. The van der Waals surface area contributed by atoms with Crippen LogP contribution < -0.4 is 18.9 Å². The first-order valence-corrected chi connectivity index (χ1v) is 16.4. The molecule has 250 valence electrons. The molecule has 4 aromatic carbocycles. The van der Waals surface area contributed by atoms with E-state index >= 15 is 0 Å². The molecule has 0 aliphatic heterocycles. The van der Waals surface area contributed by atoms with Crippen LogP contribution in [0.2, 0.25) is 0 Å². The quantitative estimate of drug-likeness (QED) is 0.103. The number of para-hydroxylation sites is 2. The topological polar surface area (TPSA) is 101 Å². The van der Waals surface area contributed by atoms with Crippen molar-refractivity contribution in [1.29, 1.82) is 0 Å². The molecule has 0 atom stereocenters. The number of H-pyrrole nitrogens is 2. The number of aromatic nitrogens is 4. The first kappa shape index (κ1) is 32.9. The number of benzene rings is 4. The molecule has 2 heterocycles. The molecule has 0 aliphatic carbocycles. The Labute approximate surface area is 281 Å². The van der Waals surface area contributed by atoms with E-state index in [0.29, 0.717) is 26.4 Å². The van der Waals surface area contributed by atoms with Crippen LogP contribution in [0.4, 0.5) is 0 Å². The zero-order chi connectivity index (χ0) is 33.3. The molecule has 0 fully saturated rings. The number of nitrogens with zero attached hydrogens (tertiary/aromatic N) is 4. The van der Waals surface area contributed by atoms with Crippen LogP contribution in [-0.2, 0) is 0 Å². The zero-order valence-corrected chi connectivity index (χ0v) is 28.2. The van der Waals surface area contributed by atoms with E-state index in [9.17, 15) is 0 Å². The summed E-state index contributed by atoms with van der Waals surface area (Å²) < 4.78 is 24.4. The molecule has 6 rings (SSSR count). The molecular weight excluding hydrogens is 604 g/mol. The Morgan fingerprint density at radius 3 is 1.40 bits per heavy atom. The van der Waals surface area contributed by atoms with E-state index in [-0.39, 0.29) is 0 Å². The van der Waals surface area contributed by atoms with Crippen LogP contribution in [0.3, 0.4) is 0 Å². The number of imidazole rings is 2. The van der Waals surface area contributed by atoms with E-state index in [1.807, 2.05) is 84.9 Å². The van der Waals surface area contributed by atoms with Gasteiger partial charge in [-0.2, -0.15) is 0 Å². The molecule has 10 nitrogen and oxygen atoms in total. The van der Waals surface area contributed by atoms with Crippen LogP contribution >= 0.6 is 0 Å². The number of nitrogens with one attached hydrogen (secondary N) is 2. The van der Waals surface area contributed by atoms with Gasteiger partial charge in [-0.15, -0.1) is 0 Å². The summed E-state index contributed by atoms with van der Waals surface area (Å²) in [6, 6.07) is 27.7. The van der Waals surface area contributed by atoms with Crippen molar-refractivity contribution in [3.8, 4) is 45.8 Å². The second-order valence-corrected chi connectivity index (χ2v) is 12.2. The Morgan fingerprint density at radius 1 is 0.521 bits per heavy atom. The smallest absolute Gasteiger partial charge is 0.142 e. The second kappa shape index (κ2) is 15.7. The average molecular weight is 649 g/mol. The molecule has 0 bridgehead atoms. The van der Waals surface area contributed by atoms with Gasteiger partial charge in [0.25, 0.3) is 0 Å². The van der Waals surface area contributed by atoms with Crippen LogP contribution in [0.25, 0.3) is 44.8 Å². The Bertz CT molecular complexity index is 1790. The molecule has 0 radical (unpaired) electrons. The largest absolute Gasteiger partial charge is 0.493 e. The minimum atomic E-state index is 0.352. The maximum absolute atomic E-state index is 6.22. The average Bonchev–Trinajstić information content (AvgIpc) is 3.71. The van der Waals surface area contributed by atoms with Gasteiger partial charge in [-0.05, 0) is 89.6 Å². The molecule has 0 amide bonds. The SMILES string of the molecule is CN(C)CCCOc1ccc2nc(-c3ccccc3OCCOc3ccccc3-c3nc4ccc(OCCCN(C)C)cc4[nH]3)[nH]c2c1. The van der Waals surface area contributed by atoms with Gasteiger partial charge in [-0.3, -0.25) is 0 Å². The molecule has 0 aliphatic rings. The van der Waals surface area contributed by atoms with Gasteiger partial charge in [-0.1, -0.05) is 24.3 Å². The zero-order valence-electron chi connectivity index (χ0n) is 28.2. The van der Waals surface area contributed by atoms with Gasteiger partial charge in [0.2, 0.25) is 0 Å². The fraction of sp³-hybridized carbons (Fsp3) is 0.316. The summed E-state index contributed by atoms with van der Waals surface area (Å²) in [5.74, 6) is 4.58. The molecule has 6 aromatic rings. The molecule has 0 unspecified atom stereocenters. The van der Waals surface area contributed by atoms with E-state index in [2.05, 4.69) is 48.0 Å². The summed E-state index contributed by atoms with van der Waals surface area (Å²) in [7, 11) is 8.26. The first-order chi connectivity index (χ1) is 23.4. The van der Waals surface area contributed by atoms with Gasteiger partial charge in [0.15, 0.2) is 0 Å². The highest BCUT2D eigenvalue weighted by Gasteiger charge is 2.14. The number of aromatic amines is 2. The lowest BCUT2D eigenvalue weighted by atomic mass is 10.2. The fourth-order valence-corrected chi connectivity index (χ4v) is 5.43. The third-order valence-corrected chi connectivity index (χ3v) is 7.83. The number of fused-ring (bicyclic) bond motifs is 2. The van der Waals surface area contributed by atoms with E-state index in [1.54, 1.807) is 0 Å². The molecule has 48 heavy (non-hydrogen) atoms. The van der Waals surface area contributed by atoms with Gasteiger partial charge in [-0.25, -0.2) is 9.97 Å². The predicted molar refractivity (Wildman–Crippen MR) is 191 cm³/mol. The van der Waals surface area contributed by atoms with Gasteiger partial charge < -0.3 is 38.7 Å². The molecule has 2 N–H and O–H groups in total. The molecule has 0 saturated heterocycles. The van der Waals surface area contributed by atoms with Gasteiger partial charge in [0, 0.05) is 25.2 Å². The van der Waals surface area contributed by atoms with E-state index < -0.39 is 0 Å². The lowest BCUT2D eigenvalue weighted by Gasteiger charge is -2.12. The van der Waals surface area contributed by atoms with Crippen molar-refractivity contribution in [2.45, 2.75) is 12.8 Å². The van der Waals surface area contributed by atoms with Crippen molar-refractivity contribution in [3.05, 3.63) is 84.9 Å². The minimum Gasteiger partial charge on any atom is -0.493 e. The molecule has 0 saturated carbocycles. The summed E-state index contributed by atoms with van der Waals surface area (Å²) in [4.78, 5) is 20.8. The maximum Gasteiger partial charge on any atom is 0.142 e. The van der Waals surface area contributed by atoms with Crippen molar-refractivity contribution in [1.82, 2.24) is 29.7 Å². The monoisotopic (exact) mass is 648 g/mol. The van der Waals surface area contributed by atoms with E-state index in [0.717, 1.165) is 93.8 Å². The summed E-state index contributed by atoms with van der Waals surface area (Å²) >= 11 is 0. The van der Waals surface area contributed by atoms with Gasteiger partial charge >= 0.3 is 0 Å². The van der Waals surface area contributed by atoms with Crippen LogP contribution in [0, 0.1) is 0 Å². The number of ether oxygens (including phenoxy) is 4. The van der Waals surface area contributed by atoms with Crippen LogP contribution in [0.15, 0.2) is 84.9 Å². The van der Waals surface area contributed by atoms with Crippen LogP contribution in [0.5, 0.6) is 23.0 Å².